The highest BCUT2D eigenvalue weighted by Gasteiger charge is 2.77. The van der Waals surface area contributed by atoms with Crippen molar-refractivity contribution >= 4 is 34.2 Å². The number of benzene rings is 2. The third kappa shape index (κ3) is 4.30. The monoisotopic (exact) mass is 507 g/mol. The molecule has 3 fully saturated rings. The number of fused-ring (bicyclic) bond motifs is 2. The van der Waals surface area contributed by atoms with Gasteiger partial charge in [-0.15, -0.1) is 0 Å². The van der Waals surface area contributed by atoms with Gasteiger partial charge in [-0.2, -0.15) is 0 Å². The van der Waals surface area contributed by atoms with Gasteiger partial charge in [0.2, 0.25) is 17.7 Å². The summed E-state index contributed by atoms with van der Waals surface area (Å²) in [6.07, 6.45) is 4.03. The van der Waals surface area contributed by atoms with Gasteiger partial charge < -0.3 is 25.4 Å². The third-order valence-corrected chi connectivity index (χ3v) is 8.43. The molecule has 2 unspecified atom stereocenters. The van der Waals surface area contributed by atoms with Crippen LogP contribution in [0.5, 0.6) is 0 Å². The van der Waals surface area contributed by atoms with Crippen molar-refractivity contribution in [3.05, 3.63) is 42.5 Å². The van der Waals surface area contributed by atoms with Gasteiger partial charge in [-0.3, -0.25) is 14.4 Å². The van der Waals surface area contributed by atoms with Gasteiger partial charge in [0.05, 0.1) is 17.4 Å². The maximum Gasteiger partial charge on any atom is 0.250 e. The molecule has 3 saturated heterocycles. The Hall–Kier alpha value is -2.97. The lowest BCUT2D eigenvalue weighted by molar-refractivity contribution is -0.144. The maximum atomic E-state index is 13.9. The number of hydrogen-bond donors (Lipinski definition) is 3. The average molecular weight is 508 g/mol. The summed E-state index contributed by atoms with van der Waals surface area (Å²) in [6.45, 7) is 4.91. The molecular weight excluding hydrogens is 470 g/mol. The molecule has 3 amide bonds. The molecule has 3 heterocycles. The molecule has 2 aromatic rings. The van der Waals surface area contributed by atoms with Gasteiger partial charge in [0.25, 0.3) is 0 Å². The number of unbranched alkanes of at least 4 members (excludes halogenated alkanes) is 2. The Bertz CT molecular complexity index is 1200. The van der Waals surface area contributed by atoms with Crippen LogP contribution in [0.1, 0.15) is 52.4 Å². The molecule has 0 radical (unpaired) electrons. The normalized spacial score (nSPS) is 30.1. The molecule has 1 spiro atoms. The lowest BCUT2D eigenvalue weighted by Gasteiger charge is -2.33. The molecule has 0 aromatic heterocycles. The molecule has 5 rings (SSSR count). The Morgan fingerprint density at radius 3 is 2.62 bits per heavy atom. The molecule has 3 aliphatic heterocycles. The molecule has 5 atom stereocenters. The average Bonchev–Trinajstić information content (AvgIpc) is 3.45. The summed E-state index contributed by atoms with van der Waals surface area (Å²) in [5.74, 6) is -1.94. The summed E-state index contributed by atoms with van der Waals surface area (Å²) < 4.78 is 6.63. The second kappa shape index (κ2) is 10.1. The van der Waals surface area contributed by atoms with Crippen molar-refractivity contribution in [2.24, 2.45) is 11.8 Å². The number of rotatable bonds is 10. The summed E-state index contributed by atoms with van der Waals surface area (Å²) >= 11 is 0. The number of amides is 3. The molecule has 3 N–H and O–H groups in total. The maximum absolute atomic E-state index is 13.9. The molecule has 8 nitrogen and oxygen atoms in total. The Morgan fingerprint density at radius 2 is 1.86 bits per heavy atom. The lowest BCUT2D eigenvalue weighted by Crippen LogP contribution is -2.53. The van der Waals surface area contributed by atoms with E-state index >= 15 is 0 Å². The summed E-state index contributed by atoms with van der Waals surface area (Å²) in [5, 5.41) is 17.3. The summed E-state index contributed by atoms with van der Waals surface area (Å²) in [6, 6.07) is 12.9. The predicted molar refractivity (Wildman–Crippen MR) is 141 cm³/mol. The van der Waals surface area contributed by atoms with E-state index in [-0.39, 0.29) is 24.3 Å². The molecule has 3 aliphatic rings. The number of carbonyl (C=O) groups excluding carboxylic acids is 3. The largest absolute Gasteiger partial charge is 0.396 e. The second-order valence-corrected chi connectivity index (χ2v) is 10.9. The zero-order chi connectivity index (χ0) is 26.2. The topological polar surface area (TPSA) is 108 Å². The molecule has 2 bridgehead atoms. The molecule has 2 aromatic carbocycles. The molecule has 37 heavy (non-hydrogen) atoms. The number of hydrogen-bond acceptors (Lipinski definition) is 5. The number of aliphatic hydroxyl groups excluding tert-OH is 1. The van der Waals surface area contributed by atoms with Crippen LogP contribution in [0.4, 0.5) is 5.69 Å². The molecule has 198 valence electrons. The number of ether oxygens (including phenoxy) is 1. The van der Waals surface area contributed by atoms with Crippen LogP contribution in [-0.2, 0) is 19.1 Å². The van der Waals surface area contributed by atoms with Gasteiger partial charge in [0, 0.05) is 25.4 Å². The van der Waals surface area contributed by atoms with Crippen molar-refractivity contribution in [1.29, 1.82) is 0 Å². The van der Waals surface area contributed by atoms with Gasteiger partial charge in [-0.1, -0.05) is 37.3 Å². The minimum atomic E-state index is -1.03. The van der Waals surface area contributed by atoms with Crippen LogP contribution in [0.2, 0.25) is 0 Å². The van der Waals surface area contributed by atoms with E-state index in [0.29, 0.717) is 44.5 Å². The van der Waals surface area contributed by atoms with Crippen molar-refractivity contribution in [3.8, 4) is 0 Å². The Balaban J connectivity index is 1.47. The zero-order valence-electron chi connectivity index (χ0n) is 21.7. The predicted octanol–water partition coefficient (Wildman–Crippen LogP) is 3.23. The van der Waals surface area contributed by atoms with Crippen molar-refractivity contribution in [1.82, 2.24) is 10.2 Å². The summed E-state index contributed by atoms with van der Waals surface area (Å²) in [5.41, 5.74) is -1.15. The standard InChI is InChI=1S/C29H37N3O5/c1-3-15-30-25(34)22-23-27(36)32(16-7-4-8-17-33)24(29(23)14-13-28(22,2)37-29)26(35)31-21-12-11-19-9-5-6-10-20(19)18-21/h5-6,9-12,18,22-24,33H,3-4,7-8,13-17H2,1-2H3,(H,30,34)(H,31,35)/t22-,23+,24?,28+,29?/m1/s1. The van der Waals surface area contributed by atoms with Crippen molar-refractivity contribution < 1.29 is 24.2 Å². The summed E-state index contributed by atoms with van der Waals surface area (Å²) in [7, 11) is 0. The van der Waals surface area contributed by atoms with Gasteiger partial charge >= 0.3 is 0 Å². The van der Waals surface area contributed by atoms with Crippen molar-refractivity contribution in [3.63, 3.8) is 0 Å². The van der Waals surface area contributed by atoms with E-state index in [9.17, 15) is 19.5 Å². The fraction of sp³-hybridized carbons (Fsp3) is 0.552. The quantitative estimate of drug-likeness (QED) is 0.428. The summed E-state index contributed by atoms with van der Waals surface area (Å²) in [4.78, 5) is 42.8. The highest BCUT2D eigenvalue weighted by atomic mass is 16.5. The van der Waals surface area contributed by atoms with E-state index in [2.05, 4.69) is 10.6 Å². The fourth-order valence-corrected chi connectivity index (χ4v) is 6.77. The number of nitrogens with one attached hydrogen (secondary N) is 2. The first kappa shape index (κ1) is 25.7. The molecular formula is C29H37N3O5. The van der Waals surface area contributed by atoms with E-state index in [1.807, 2.05) is 56.3 Å². The van der Waals surface area contributed by atoms with E-state index < -0.39 is 29.1 Å². The minimum absolute atomic E-state index is 0.0908. The fourth-order valence-electron chi connectivity index (χ4n) is 6.77. The SMILES string of the molecule is CCCNC(=O)[C@H]1[C@H]2C(=O)N(CCCCCO)C(C(=O)Nc3ccc4ccccc4c3)C23CC[C@]1(C)O3. The second-order valence-electron chi connectivity index (χ2n) is 10.9. The van der Waals surface area contributed by atoms with Crippen LogP contribution in [0.3, 0.4) is 0 Å². The smallest absolute Gasteiger partial charge is 0.250 e. The Morgan fingerprint density at radius 1 is 1.08 bits per heavy atom. The van der Waals surface area contributed by atoms with Crippen molar-refractivity contribution in [2.75, 3.05) is 25.0 Å². The van der Waals surface area contributed by atoms with Gasteiger partial charge in [-0.05, 0) is 68.4 Å². The van der Waals surface area contributed by atoms with E-state index in [1.165, 1.54) is 0 Å². The first-order valence-electron chi connectivity index (χ1n) is 13.5. The number of aliphatic hydroxyl groups is 1. The van der Waals surface area contributed by atoms with Crippen LogP contribution in [0.15, 0.2) is 42.5 Å². The zero-order valence-corrected chi connectivity index (χ0v) is 21.7. The lowest BCUT2D eigenvalue weighted by atomic mass is 9.66. The number of carbonyl (C=O) groups is 3. The van der Waals surface area contributed by atoms with E-state index in [1.54, 1.807) is 4.90 Å². The van der Waals surface area contributed by atoms with Gasteiger partial charge in [0.1, 0.15) is 11.6 Å². The highest BCUT2D eigenvalue weighted by molar-refractivity contribution is 6.04. The Kier molecular flexibility index (Phi) is 6.98. The molecule has 0 saturated carbocycles. The number of anilines is 1. The van der Waals surface area contributed by atoms with Crippen molar-refractivity contribution in [2.45, 2.75) is 69.6 Å². The first-order chi connectivity index (χ1) is 17.8. The minimum Gasteiger partial charge on any atom is -0.396 e. The van der Waals surface area contributed by atoms with Crippen LogP contribution >= 0.6 is 0 Å². The number of nitrogens with zero attached hydrogens (tertiary/aromatic N) is 1. The number of likely N-dealkylation sites (tertiary alicyclic amines) is 1. The van der Waals surface area contributed by atoms with Crippen LogP contribution < -0.4 is 10.6 Å². The van der Waals surface area contributed by atoms with E-state index in [0.717, 1.165) is 23.6 Å². The van der Waals surface area contributed by atoms with Crippen LogP contribution in [0, 0.1) is 11.8 Å². The van der Waals surface area contributed by atoms with Crippen LogP contribution in [-0.4, -0.2) is 64.7 Å². The first-order valence-corrected chi connectivity index (χ1v) is 13.5. The van der Waals surface area contributed by atoms with Crippen LogP contribution in [0.25, 0.3) is 10.8 Å². The highest BCUT2D eigenvalue weighted by Crippen LogP contribution is 2.63. The Labute approximate surface area is 217 Å². The van der Waals surface area contributed by atoms with E-state index in [4.69, 9.17) is 4.74 Å². The molecule has 8 heteroatoms. The van der Waals surface area contributed by atoms with Gasteiger partial charge in [-0.25, -0.2) is 0 Å². The third-order valence-electron chi connectivity index (χ3n) is 8.43. The van der Waals surface area contributed by atoms with Gasteiger partial charge in [0.15, 0.2) is 0 Å². The molecule has 0 aliphatic carbocycles.